The summed E-state index contributed by atoms with van der Waals surface area (Å²) >= 11 is 0. The van der Waals surface area contributed by atoms with Gasteiger partial charge in [-0.2, -0.15) is 0 Å². The molecule has 1 aromatic rings. The number of aromatic nitrogens is 1. The van der Waals surface area contributed by atoms with Gasteiger partial charge in [0.2, 0.25) is 0 Å². The summed E-state index contributed by atoms with van der Waals surface area (Å²) in [7, 11) is 0. The molecule has 2 N–H and O–H groups in total. The molecule has 1 rings (SSSR count). The minimum Gasteiger partial charge on any atom is -0.449 e. The molecule has 0 bridgehead atoms. The molecule has 1 aromatic heterocycles. The van der Waals surface area contributed by atoms with Crippen molar-refractivity contribution in [3.05, 3.63) is 18.4 Å². The van der Waals surface area contributed by atoms with E-state index in [2.05, 4.69) is 4.98 Å². The van der Waals surface area contributed by atoms with E-state index in [0.717, 1.165) is 0 Å². The molecular weight excluding hydrogens is 116 g/mol. The normalized spacial score (nSPS) is 13.6. The first kappa shape index (κ1) is 6.29. The van der Waals surface area contributed by atoms with E-state index in [0.29, 0.717) is 12.3 Å². The number of rotatable bonds is 2. The standard InChI is InChI=1S/C6H10N2O/c1-5(7)4-6-8-2-3-9-6/h2-3,5H,4,7H2,1H3. The van der Waals surface area contributed by atoms with E-state index in [1.807, 2.05) is 6.92 Å². The van der Waals surface area contributed by atoms with Gasteiger partial charge in [-0.25, -0.2) is 4.98 Å². The molecule has 1 heterocycles. The maximum absolute atomic E-state index is 5.48. The van der Waals surface area contributed by atoms with Crippen molar-refractivity contribution in [2.75, 3.05) is 0 Å². The Balaban J connectivity index is 2.48. The monoisotopic (exact) mass is 126 g/mol. The predicted molar refractivity (Wildman–Crippen MR) is 33.9 cm³/mol. The van der Waals surface area contributed by atoms with E-state index in [9.17, 15) is 0 Å². The molecule has 0 radical (unpaired) electrons. The minimum absolute atomic E-state index is 0.128. The van der Waals surface area contributed by atoms with Crippen molar-refractivity contribution in [3.8, 4) is 0 Å². The molecule has 0 amide bonds. The van der Waals surface area contributed by atoms with Gasteiger partial charge in [-0.1, -0.05) is 0 Å². The van der Waals surface area contributed by atoms with Gasteiger partial charge in [0, 0.05) is 12.5 Å². The number of nitrogens with zero attached hydrogens (tertiary/aromatic N) is 1. The summed E-state index contributed by atoms with van der Waals surface area (Å²) in [6.45, 7) is 1.92. The summed E-state index contributed by atoms with van der Waals surface area (Å²) in [5.41, 5.74) is 5.48. The molecule has 0 aliphatic carbocycles. The van der Waals surface area contributed by atoms with Crippen LogP contribution in [0.2, 0.25) is 0 Å². The number of oxazole rings is 1. The molecule has 1 atom stereocenters. The van der Waals surface area contributed by atoms with Crippen molar-refractivity contribution in [3.63, 3.8) is 0 Å². The van der Waals surface area contributed by atoms with Crippen LogP contribution in [0.1, 0.15) is 12.8 Å². The second-order valence-electron chi connectivity index (χ2n) is 2.11. The van der Waals surface area contributed by atoms with Crippen molar-refractivity contribution in [1.29, 1.82) is 0 Å². The molecule has 50 valence electrons. The Labute approximate surface area is 53.9 Å². The maximum atomic E-state index is 5.48. The lowest BCUT2D eigenvalue weighted by Gasteiger charge is -1.97. The van der Waals surface area contributed by atoms with Gasteiger partial charge in [0.25, 0.3) is 0 Å². The molecule has 1 unspecified atom stereocenters. The lowest BCUT2D eigenvalue weighted by Crippen LogP contribution is -2.17. The highest BCUT2D eigenvalue weighted by Crippen LogP contribution is 1.96. The third-order valence-electron chi connectivity index (χ3n) is 0.980. The van der Waals surface area contributed by atoms with Crippen molar-refractivity contribution in [1.82, 2.24) is 4.98 Å². The number of hydrogen-bond acceptors (Lipinski definition) is 3. The molecule has 0 aromatic carbocycles. The fourth-order valence-electron chi connectivity index (χ4n) is 0.629. The van der Waals surface area contributed by atoms with Crippen LogP contribution >= 0.6 is 0 Å². The van der Waals surface area contributed by atoms with Crippen molar-refractivity contribution < 1.29 is 4.42 Å². The lowest BCUT2D eigenvalue weighted by molar-refractivity contribution is 0.477. The molecule has 0 fully saturated rings. The minimum atomic E-state index is 0.128. The van der Waals surface area contributed by atoms with E-state index in [1.165, 1.54) is 0 Å². The van der Waals surface area contributed by atoms with E-state index in [4.69, 9.17) is 10.2 Å². The van der Waals surface area contributed by atoms with Crippen molar-refractivity contribution in [2.45, 2.75) is 19.4 Å². The molecule has 9 heavy (non-hydrogen) atoms. The molecule has 3 nitrogen and oxygen atoms in total. The first-order valence-electron chi connectivity index (χ1n) is 2.93. The number of nitrogens with two attached hydrogens (primary N) is 1. The SMILES string of the molecule is CC(N)Cc1ncco1. The zero-order valence-electron chi connectivity index (χ0n) is 5.37. The maximum Gasteiger partial charge on any atom is 0.195 e. The molecule has 0 saturated heterocycles. The average Bonchev–Trinajstić information content (AvgIpc) is 2.15. The summed E-state index contributed by atoms with van der Waals surface area (Å²) in [6, 6.07) is 0.128. The Hall–Kier alpha value is -0.830. The first-order valence-corrected chi connectivity index (χ1v) is 2.93. The highest BCUT2D eigenvalue weighted by Gasteiger charge is 1.99. The van der Waals surface area contributed by atoms with Gasteiger partial charge in [0.1, 0.15) is 6.26 Å². The van der Waals surface area contributed by atoms with Crippen LogP contribution in [-0.4, -0.2) is 11.0 Å². The molecule has 0 aliphatic heterocycles. The molecule has 3 heteroatoms. The molecule has 0 spiro atoms. The zero-order valence-corrected chi connectivity index (χ0v) is 5.37. The van der Waals surface area contributed by atoms with Gasteiger partial charge in [-0.3, -0.25) is 0 Å². The van der Waals surface area contributed by atoms with Gasteiger partial charge in [-0.15, -0.1) is 0 Å². The van der Waals surface area contributed by atoms with Gasteiger partial charge in [0.15, 0.2) is 5.89 Å². The lowest BCUT2D eigenvalue weighted by atomic mass is 10.2. The van der Waals surface area contributed by atoms with E-state index < -0.39 is 0 Å². The van der Waals surface area contributed by atoms with Gasteiger partial charge in [-0.05, 0) is 6.92 Å². The summed E-state index contributed by atoms with van der Waals surface area (Å²) in [6.07, 6.45) is 3.89. The fourth-order valence-corrected chi connectivity index (χ4v) is 0.629. The second kappa shape index (κ2) is 2.64. The van der Waals surface area contributed by atoms with Crippen LogP contribution in [-0.2, 0) is 6.42 Å². The Bertz CT molecular complexity index is 158. The Kier molecular flexibility index (Phi) is 1.85. The zero-order chi connectivity index (χ0) is 6.69. The van der Waals surface area contributed by atoms with E-state index in [-0.39, 0.29) is 6.04 Å². The van der Waals surface area contributed by atoms with Gasteiger partial charge < -0.3 is 10.2 Å². The van der Waals surface area contributed by atoms with Crippen LogP contribution in [0.25, 0.3) is 0 Å². The van der Waals surface area contributed by atoms with Crippen molar-refractivity contribution >= 4 is 0 Å². The molecule has 0 aliphatic rings. The first-order chi connectivity index (χ1) is 4.29. The van der Waals surface area contributed by atoms with Crippen molar-refractivity contribution in [2.24, 2.45) is 5.73 Å². The van der Waals surface area contributed by atoms with Crippen LogP contribution in [0, 0.1) is 0 Å². The summed E-state index contributed by atoms with van der Waals surface area (Å²) in [5, 5.41) is 0. The van der Waals surface area contributed by atoms with Gasteiger partial charge >= 0.3 is 0 Å². The largest absolute Gasteiger partial charge is 0.449 e. The van der Waals surface area contributed by atoms with Crippen LogP contribution < -0.4 is 5.73 Å². The van der Waals surface area contributed by atoms with Crippen LogP contribution in [0.3, 0.4) is 0 Å². The number of hydrogen-bond donors (Lipinski definition) is 1. The van der Waals surface area contributed by atoms with Gasteiger partial charge in [0.05, 0.1) is 6.20 Å². The third-order valence-corrected chi connectivity index (χ3v) is 0.980. The van der Waals surface area contributed by atoms with Crippen LogP contribution in [0.15, 0.2) is 16.9 Å². The Morgan fingerprint density at radius 2 is 2.67 bits per heavy atom. The fraction of sp³-hybridized carbons (Fsp3) is 0.500. The topological polar surface area (TPSA) is 52.0 Å². The van der Waals surface area contributed by atoms with Crippen LogP contribution in [0.4, 0.5) is 0 Å². The second-order valence-corrected chi connectivity index (χ2v) is 2.11. The Morgan fingerprint density at radius 3 is 3.11 bits per heavy atom. The third kappa shape index (κ3) is 1.85. The Morgan fingerprint density at radius 1 is 1.89 bits per heavy atom. The summed E-state index contributed by atoms with van der Waals surface area (Å²) in [4.78, 5) is 3.91. The van der Waals surface area contributed by atoms with E-state index >= 15 is 0 Å². The highest BCUT2D eigenvalue weighted by molar-refractivity contribution is 4.82. The summed E-state index contributed by atoms with van der Waals surface area (Å²) in [5.74, 6) is 0.713. The molecular formula is C6H10N2O. The smallest absolute Gasteiger partial charge is 0.195 e. The van der Waals surface area contributed by atoms with Crippen LogP contribution in [0.5, 0.6) is 0 Å². The predicted octanol–water partition coefficient (Wildman–Crippen LogP) is 0.564. The quantitative estimate of drug-likeness (QED) is 0.630. The summed E-state index contributed by atoms with van der Waals surface area (Å²) < 4.78 is 4.95. The average molecular weight is 126 g/mol. The highest BCUT2D eigenvalue weighted by atomic mass is 16.3. The molecule has 0 saturated carbocycles. The van der Waals surface area contributed by atoms with E-state index in [1.54, 1.807) is 12.5 Å².